The van der Waals surface area contributed by atoms with Crippen LogP contribution < -0.4 is 4.74 Å². The largest absolute Gasteiger partial charge is 0.455 e. The third-order valence-corrected chi connectivity index (χ3v) is 3.73. The summed E-state index contributed by atoms with van der Waals surface area (Å²) in [6, 6.07) is 12.7. The minimum Gasteiger partial charge on any atom is -0.455 e. The van der Waals surface area contributed by atoms with E-state index in [0.717, 1.165) is 11.4 Å². The monoisotopic (exact) mass is 351 g/mol. The Labute approximate surface area is 142 Å². The first-order chi connectivity index (χ1) is 10.6. The summed E-state index contributed by atoms with van der Waals surface area (Å²) >= 11 is 17.2. The fourth-order valence-electron chi connectivity index (χ4n) is 1.98. The van der Waals surface area contributed by atoms with E-state index >= 15 is 0 Å². The van der Waals surface area contributed by atoms with Gasteiger partial charge in [0.1, 0.15) is 17.3 Å². The van der Waals surface area contributed by atoms with Crippen LogP contribution in [0.4, 0.5) is 0 Å². The van der Waals surface area contributed by atoms with Gasteiger partial charge in [-0.15, -0.1) is 0 Å². The molecular weight excluding hydrogens is 341 g/mol. The summed E-state index contributed by atoms with van der Waals surface area (Å²) in [6.45, 7) is 0. The fraction of sp³-hybridized carbons (Fsp3) is 0.0667. The number of H-pyrrole nitrogens is 2. The van der Waals surface area contributed by atoms with E-state index in [1.54, 1.807) is 24.3 Å². The molecule has 0 bridgehead atoms. The molecule has 0 radical (unpaired) electrons. The zero-order chi connectivity index (χ0) is 15.5. The number of nitrogens with one attached hydrogen (secondary N) is 2. The predicted octanol–water partition coefficient (Wildman–Crippen LogP) is 5.16. The van der Waals surface area contributed by atoms with Gasteiger partial charge in [0.15, 0.2) is 0 Å². The van der Waals surface area contributed by atoms with E-state index in [1.165, 1.54) is 0 Å². The molecule has 0 aliphatic rings. The lowest BCUT2D eigenvalue weighted by Gasteiger charge is -2.12. The highest BCUT2D eigenvalue weighted by Gasteiger charge is 2.10. The van der Waals surface area contributed by atoms with Crippen molar-refractivity contribution in [2.24, 2.45) is 0 Å². The van der Waals surface area contributed by atoms with Gasteiger partial charge in [0.25, 0.3) is 0 Å². The lowest BCUT2D eigenvalue weighted by Crippen LogP contribution is -1.96. The van der Waals surface area contributed by atoms with Crippen LogP contribution in [0.1, 0.15) is 11.4 Å². The lowest BCUT2D eigenvalue weighted by molar-refractivity contribution is 0.477. The Balaban J connectivity index is 1.94. The topological polar surface area (TPSA) is 53.7 Å². The van der Waals surface area contributed by atoms with Gasteiger partial charge in [-0.2, -0.15) is 0 Å². The number of hydrogen-bond acceptors (Lipinski definition) is 3. The molecule has 0 fully saturated rings. The molecule has 22 heavy (non-hydrogen) atoms. The molecule has 4 nitrogen and oxygen atoms in total. The zero-order valence-electron chi connectivity index (χ0n) is 11.3. The number of aromatic amines is 2. The third kappa shape index (κ3) is 3.50. The van der Waals surface area contributed by atoms with Crippen molar-refractivity contribution >= 4 is 35.4 Å². The van der Waals surface area contributed by atoms with Crippen molar-refractivity contribution in [3.05, 3.63) is 68.7 Å². The van der Waals surface area contributed by atoms with Crippen molar-refractivity contribution in [2.75, 3.05) is 0 Å². The highest BCUT2D eigenvalue weighted by Crippen LogP contribution is 2.33. The molecule has 1 heterocycles. The number of benzene rings is 2. The van der Waals surface area contributed by atoms with E-state index < -0.39 is 0 Å². The van der Waals surface area contributed by atoms with Gasteiger partial charge in [-0.05, 0) is 36.5 Å². The van der Waals surface area contributed by atoms with Gasteiger partial charge in [-0.3, -0.25) is 10.2 Å². The first-order valence-electron chi connectivity index (χ1n) is 6.46. The minimum atomic E-state index is 0.414. The predicted molar refractivity (Wildman–Crippen MR) is 89.6 cm³/mol. The van der Waals surface area contributed by atoms with Gasteiger partial charge in [0.2, 0.25) is 4.77 Å². The normalized spacial score (nSPS) is 10.6. The molecule has 0 aliphatic heterocycles. The van der Waals surface area contributed by atoms with E-state index in [0.29, 0.717) is 32.7 Å². The summed E-state index contributed by atoms with van der Waals surface area (Å²) in [5, 5.41) is 6.80. The van der Waals surface area contributed by atoms with Crippen molar-refractivity contribution in [1.29, 1.82) is 0 Å². The van der Waals surface area contributed by atoms with E-state index in [9.17, 15) is 0 Å². The molecule has 112 valence electrons. The van der Waals surface area contributed by atoms with Crippen LogP contribution in [0.5, 0.6) is 11.5 Å². The summed E-state index contributed by atoms with van der Waals surface area (Å²) in [5.74, 6) is 1.92. The van der Waals surface area contributed by atoms with Gasteiger partial charge in [0.05, 0.1) is 5.02 Å². The standard InChI is InChI=1S/C15H11Cl2N3OS/c16-10-6-5-9(7-14-18-15(22)20-19-14)13(8-10)21-12-4-2-1-3-11(12)17/h1-6,8H,7H2,(H2,18,19,20,22). The Bertz CT molecular complexity index is 860. The Kier molecular flexibility index (Phi) is 4.47. The summed E-state index contributed by atoms with van der Waals surface area (Å²) in [6.07, 6.45) is 0.532. The SMILES string of the molecule is S=c1nc(Cc2ccc(Cl)cc2Oc2ccccc2Cl)[nH][nH]1. The molecule has 0 aliphatic carbocycles. The van der Waals surface area contributed by atoms with Crippen molar-refractivity contribution in [3.63, 3.8) is 0 Å². The Morgan fingerprint density at radius 3 is 2.59 bits per heavy atom. The lowest BCUT2D eigenvalue weighted by atomic mass is 10.1. The maximum atomic E-state index is 6.13. The van der Waals surface area contributed by atoms with Gasteiger partial charge >= 0.3 is 0 Å². The summed E-state index contributed by atoms with van der Waals surface area (Å²) in [5.41, 5.74) is 0.919. The Morgan fingerprint density at radius 2 is 1.86 bits per heavy atom. The van der Waals surface area contributed by atoms with Crippen LogP contribution in [-0.2, 0) is 6.42 Å². The van der Waals surface area contributed by atoms with E-state index in [2.05, 4.69) is 15.2 Å². The second-order valence-electron chi connectivity index (χ2n) is 4.57. The van der Waals surface area contributed by atoms with E-state index in [1.807, 2.05) is 18.2 Å². The average Bonchev–Trinajstić information content (AvgIpc) is 2.90. The van der Waals surface area contributed by atoms with E-state index in [4.69, 9.17) is 40.2 Å². The van der Waals surface area contributed by atoms with Crippen molar-refractivity contribution in [1.82, 2.24) is 15.2 Å². The fourth-order valence-corrected chi connectivity index (χ4v) is 2.48. The molecule has 2 aromatic carbocycles. The maximum Gasteiger partial charge on any atom is 0.213 e. The number of rotatable bonds is 4. The van der Waals surface area contributed by atoms with Crippen molar-refractivity contribution in [3.8, 4) is 11.5 Å². The number of aromatic nitrogens is 3. The summed E-state index contributed by atoms with van der Waals surface area (Å²) in [4.78, 5) is 4.18. The number of halogens is 2. The molecule has 3 aromatic rings. The average molecular weight is 352 g/mol. The summed E-state index contributed by atoms with van der Waals surface area (Å²) in [7, 11) is 0. The molecule has 0 spiro atoms. The molecule has 3 rings (SSSR count). The second kappa shape index (κ2) is 6.52. The number of para-hydroxylation sites is 1. The Morgan fingerprint density at radius 1 is 1.05 bits per heavy atom. The van der Waals surface area contributed by atoms with Gasteiger partial charge in [0, 0.05) is 17.0 Å². The highest BCUT2D eigenvalue weighted by atomic mass is 35.5. The van der Waals surface area contributed by atoms with Crippen LogP contribution in [0.15, 0.2) is 42.5 Å². The molecule has 0 atom stereocenters. The molecule has 7 heteroatoms. The molecule has 0 unspecified atom stereocenters. The first kappa shape index (κ1) is 15.1. The number of ether oxygens (including phenoxy) is 1. The smallest absolute Gasteiger partial charge is 0.213 e. The molecule has 2 N–H and O–H groups in total. The highest BCUT2D eigenvalue weighted by molar-refractivity contribution is 7.71. The van der Waals surface area contributed by atoms with Gasteiger partial charge in [-0.25, -0.2) is 4.98 Å². The van der Waals surface area contributed by atoms with Gasteiger partial charge in [-0.1, -0.05) is 41.4 Å². The second-order valence-corrected chi connectivity index (χ2v) is 5.81. The Hall–Kier alpha value is -1.82. The molecular formula is C15H11Cl2N3OS. The van der Waals surface area contributed by atoms with Crippen LogP contribution in [-0.4, -0.2) is 15.2 Å². The van der Waals surface area contributed by atoms with Gasteiger partial charge < -0.3 is 4.74 Å². The maximum absolute atomic E-state index is 6.13. The van der Waals surface area contributed by atoms with Crippen molar-refractivity contribution in [2.45, 2.75) is 6.42 Å². The van der Waals surface area contributed by atoms with Crippen molar-refractivity contribution < 1.29 is 4.74 Å². The third-order valence-electron chi connectivity index (χ3n) is 2.99. The van der Waals surface area contributed by atoms with Crippen LogP contribution in [0.2, 0.25) is 10.0 Å². The first-order valence-corrected chi connectivity index (χ1v) is 7.62. The molecule has 0 amide bonds. The number of nitrogens with zero attached hydrogens (tertiary/aromatic N) is 1. The van der Waals surface area contributed by atoms with E-state index in [-0.39, 0.29) is 0 Å². The van der Waals surface area contributed by atoms with Crippen LogP contribution in [0.25, 0.3) is 0 Å². The minimum absolute atomic E-state index is 0.414. The van der Waals surface area contributed by atoms with Crippen LogP contribution in [0, 0.1) is 4.77 Å². The molecule has 0 saturated carbocycles. The number of hydrogen-bond donors (Lipinski definition) is 2. The molecule has 1 aromatic heterocycles. The quantitative estimate of drug-likeness (QED) is 0.638. The molecule has 0 saturated heterocycles. The zero-order valence-corrected chi connectivity index (χ0v) is 13.6. The van der Waals surface area contributed by atoms with Crippen LogP contribution >= 0.6 is 35.4 Å². The summed E-state index contributed by atoms with van der Waals surface area (Å²) < 4.78 is 6.32. The van der Waals surface area contributed by atoms with Crippen LogP contribution in [0.3, 0.4) is 0 Å².